The molecule has 0 unspecified atom stereocenters. The van der Waals surface area contributed by atoms with Crippen LogP contribution in [0, 0.1) is 0 Å². The van der Waals surface area contributed by atoms with E-state index in [9.17, 15) is 8.42 Å². The Balaban J connectivity index is 1.82. The number of fused-ring (bicyclic) bond motifs is 1. The van der Waals surface area contributed by atoms with Gasteiger partial charge >= 0.3 is 0 Å². The van der Waals surface area contributed by atoms with Crippen LogP contribution in [0.5, 0.6) is 11.5 Å². The monoisotopic (exact) mass is 326 g/mol. The molecule has 0 radical (unpaired) electrons. The molecular weight excluding hydrogens is 316 g/mol. The number of nitrogens with one attached hydrogen (secondary N) is 1. The number of para-hydroxylation sites is 1. The number of halogens is 1. The molecule has 1 aliphatic rings. The summed E-state index contributed by atoms with van der Waals surface area (Å²) in [6.45, 7) is 0.202. The molecular formula is C13H11ClN2O4S. The zero-order valence-electron chi connectivity index (χ0n) is 10.7. The summed E-state index contributed by atoms with van der Waals surface area (Å²) in [6, 6.07) is 8.21. The Morgan fingerprint density at radius 2 is 2.10 bits per heavy atom. The molecule has 0 fully saturated rings. The molecule has 1 aromatic heterocycles. The average Bonchev–Trinajstić information content (AvgIpc) is 2.94. The maximum atomic E-state index is 12.2. The molecule has 0 saturated carbocycles. The van der Waals surface area contributed by atoms with E-state index in [-0.39, 0.29) is 23.4 Å². The SMILES string of the molecule is O=S(=O)(NCc1cccc2c1OCO2)c1cccnc1Cl. The molecule has 8 heteroatoms. The van der Waals surface area contributed by atoms with Gasteiger partial charge in [0.2, 0.25) is 16.8 Å². The van der Waals surface area contributed by atoms with Crippen LogP contribution in [0.4, 0.5) is 0 Å². The number of rotatable bonds is 4. The Morgan fingerprint density at radius 3 is 2.90 bits per heavy atom. The molecule has 0 saturated heterocycles. The molecule has 110 valence electrons. The first-order valence-corrected chi connectivity index (χ1v) is 7.92. The summed E-state index contributed by atoms with van der Waals surface area (Å²) in [5.41, 5.74) is 0.689. The molecule has 2 heterocycles. The number of ether oxygens (including phenoxy) is 2. The van der Waals surface area contributed by atoms with Crippen LogP contribution in [0.1, 0.15) is 5.56 Å². The van der Waals surface area contributed by atoms with Crippen molar-refractivity contribution in [2.45, 2.75) is 11.4 Å². The fourth-order valence-corrected chi connectivity index (χ4v) is 3.41. The van der Waals surface area contributed by atoms with Crippen LogP contribution in [-0.2, 0) is 16.6 Å². The topological polar surface area (TPSA) is 77.5 Å². The van der Waals surface area contributed by atoms with Crippen molar-refractivity contribution in [2.75, 3.05) is 6.79 Å². The molecule has 3 rings (SSSR count). The molecule has 1 aromatic carbocycles. The van der Waals surface area contributed by atoms with E-state index in [0.717, 1.165) is 0 Å². The summed E-state index contributed by atoms with van der Waals surface area (Å²) in [4.78, 5) is 3.70. The molecule has 0 amide bonds. The van der Waals surface area contributed by atoms with Gasteiger partial charge in [-0.3, -0.25) is 0 Å². The lowest BCUT2D eigenvalue weighted by Crippen LogP contribution is -2.23. The first-order valence-electron chi connectivity index (χ1n) is 6.05. The number of aromatic nitrogens is 1. The predicted octanol–water partition coefficient (Wildman–Crippen LogP) is 1.94. The summed E-state index contributed by atoms with van der Waals surface area (Å²) in [7, 11) is -3.75. The minimum absolute atomic E-state index is 0.0589. The molecule has 0 bridgehead atoms. The lowest BCUT2D eigenvalue weighted by molar-refractivity contribution is 0.173. The molecule has 21 heavy (non-hydrogen) atoms. The number of hydrogen-bond donors (Lipinski definition) is 1. The number of benzene rings is 1. The predicted molar refractivity (Wildman–Crippen MR) is 75.8 cm³/mol. The van der Waals surface area contributed by atoms with Crippen molar-refractivity contribution in [3.63, 3.8) is 0 Å². The molecule has 1 N–H and O–H groups in total. The minimum Gasteiger partial charge on any atom is -0.454 e. The van der Waals surface area contributed by atoms with Crippen LogP contribution in [0.3, 0.4) is 0 Å². The van der Waals surface area contributed by atoms with Crippen LogP contribution >= 0.6 is 11.6 Å². The Morgan fingerprint density at radius 1 is 1.24 bits per heavy atom. The number of hydrogen-bond acceptors (Lipinski definition) is 5. The average molecular weight is 327 g/mol. The maximum absolute atomic E-state index is 12.2. The highest BCUT2D eigenvalue weighted by Crippen LogP contribution is 2.35. The van der Waals surface area contributed by atoms with Gasteiger partial charge in [0.05, 0.1) is 0 Å². The van der Waals surface area contributed by atoms with Crippen molar-refractivity contribution in [3.05, 3.63) is 47.2 Å². The van der Waals surface area contributed by atoms with Crippen LogP contribution < -0.4 is 14.2 Å². The number of pyridine rings is 1. The molecule has 2 aromatic rings. The Bertz CT molecular complexity index is 779. The van der Waals surface area contributed by atoms with E-state index in [2.05, 4.69) is 9.71 Å². The quantitative estimate of drug-likeness (QED) is 0.869. The van der Waals surface area contributed by atoms with Gasteiger partial charge in [-0.25, -0.2) is 18.1 Å². The maximum Gasteiger partial charge on any atom is 0.243 e. The summed E-state index contributed by atoms with van der Waals surface area (Å²) in [5.74, 6) is 1.16. The van der Waals surface area contributed by atoms with Gasteiger partial charge in [-0.2, -0.15) is 0 Å². The molecule has 6 nitrogen and oxygen atoms in total. The van der Waals surface area contributed by atoms with Gasteiger partial charge in [-0.15, -0.1) is 0 Å². The molecule has 1 aliphatic heterocycles. The van der Waals surface area contributed by atoms with E-state index in [1.807, 2.05) is 0 Å². The number of sulfonamides is 1. The normalized spacial score (nSPS) is 13.4. The minimum atomic E-state index is -3.75. The van der Waals surface area contributed by atoms with Crippen LogP contribution in [0.15, 0.2) is 41.4 Å². The third-order valence-electron chi connectivity index (χ3n) is 2.95. The summed E-state index contributed by atoms with van der Waals surface area (Å²) >= 11 is 5.81. The lowest BCUT2D eigenvalue weighted by Gasteiger charge is -2.09. The van der Waals surface area contributed by atoms with E-state index in [1.54, 1.807) is 18.2 Å². The highest BCUT2D eigenvalue weighted by molar-refractivity contribution is 7.89. The third-order valence-corrected chi connectivity index (χ3v) is 4.79. The van der Waals surface area contributed by atoms with Crippen molar-refractivity contribution in [3.8, 4) is 11.5 Å². The highest BCUT2D eigenvalue weighted by Gasteiger charge is 2.21. The van der Waals surface area contributed by atoms with E-state index in [1.165, 1.54) is 18.3 Å². The largest absolute Gasteiger partial charge is 0.454 e. The summed E-state index contributed by atoms with van der Waals surface area (Å²) in [6.07, 6.45) is 1.43. The van der Waals surface area contributed by atoms with E-state index < -0.39 is 10.0 Å². The first kappa shape index (κ1) is 14.1. The lowest BCUT2D eigenvalue weighted by atomic mass is 10.2. The standard InChI is InChI=1S/C13H11ClN2O4S/c14-13-11(5-2-6-15-13)21(17,18)16-7-9-3-1-4-10-12(9)20-8-19-10/h1-6,16H,7-8H2. The second kappa shape index (κ2) is 5.51. The van der Waals surface area contributed by atoms with Gasteiger partial charge in [0.1, 0.15) is 10.0 Å². The van der Waals surface area contributed by atoms with Gasteiger partial charge in [0.25, 0.3) is 0 Å². The highest BCUT2D eigenvalue weighted by atomic mass is 35.5. The Labute approximate surface area is 126 Å². The fourth-order valence-electron chi connectivity index (χ4n) is 1.95. The third kappa shape index (κ3) is 2.80. The first-order chi connectivity index (χ1) is 10.1. The molecule has 0 spiro atoms. The second-order valence-electron chi connectivity index (χ2n) is 4.27. The zero-order chi connectivity index (χ0) is 14.9. The van der Waals surface area contributed by atoms with Gasteiger partial charge in [-0.05, 0) is 18.2 Å². The van der Waals surface area contributed by atoms with Gasteiger partial charge < -0.3 is 9.47 Å². The van der Waals surface area contributed by atoms with Gasteiger partial charge in [0.15, 0.2) is 11.5 Å². The number of nitrogens with zero attached hydrogens (tertiary/aromatic N) is 1. The van der Waals surface area contributed by atoms with Crippen LogP contribution in [-0.4, -0.2) is 20.2 Å². The van der Waals surface area contributed by atoms with Crippen molar-refractivity contribution in [1.82, 2.24) is 9.71 Å². The van der Waals surface area contributed by atoms with Crippen molar-refractivity contribution >= 4 is 21.6 Å². The zero-order valence-corrected chi connectivity index (χ0v) is 12.3. The smallest absolute Gasteiger partial charge is 0.243 e. The van der Waals surface area contributed by atoms with Gasteiger partial charge in [-0.1, -0.05) is 23.7 Å². The van der Waals surface area contributed by atoms with Crippen LogP contribution in [0.2, 0.25) is 5.15 Å². The van der Waals surface area contributed by atoms with Crippen molar-refractivity contribution in [2.24, 2.45) is 0 Å². The van der Waals surface area contributed by atoms with E-state index in [0.29, 0.717) is 17.1 Å². The molecule has 0 aliphatic carbocycles. The molecule has 0 atom stereocenters. The van der Waals surface area contributed by atoms with Crippen molar-refractivity contribution in [1.29, 1.82) is 0 Å². The van der Waals surface area contributed by atoms with E-state index >= 15 is 0 Å². The van der Waals surface area contributed by atoms with Crippen LogP contribution in [0.25, 0.3) is 0 Å². The van der Waals surface area contributed by atoms with Crippen molar-refractivity contribution < 1.29 is 17.9 Å². The summed E-state index contributed by atoms with van der Waals surface area (Å²) in [5, 5.41) is -0.0668. The Hall–Kier alpha value is -1.83. The van der Waals surface area contributed by atoms with Gasteiger partial charge in [0, 0.05) is 18.3 Å². The van der Waals surface area contributed by atoms with E-state index in [4.69, 9.17) is 21.1 Å². The summed E-state index contributed by atoms with van der Waals surface area (Å²) < 4.78 is 37.5. The second-order valence-corrected chi connectivity index (χ2v) is 6.36. The fraction of sp³-hybridized carbons (Fsp3) is 0.154. The Kier molecular flexibility index (Phi) is 3.71.